The van der Waals surface area contributed by atoms with Crippen molar-refractivity contribution in [3.8, 4) is 5.75 Å². The number of ether oxygens (including phenoxy) is 1. The van der Waals surface area contributed by atoms with E-state index < -0.39 is 15.9 Å². The highest BCUT2D eigenvalue weighted by molar-refractivity contribution is 7.89. The average molecular weight is 365 g/mol. The number of nitrogens with zero attached hydrogens (tertiary/aromatic N) is 1. The lowest BCUT2D eigenvalue weighted by molar-refractivity contribution is -0.120. The van der Waals surface area contributed by atoms with Crippen LogP contribution in [0.5, 0.6) is 5.75 Å². The number of nitrogens with one attached hydrogen (secondary N) is 2. The van der Waals surface area contributed by atoms with Gasteiger partial charge in [-0.1, -0.05) is 23.4 Å². The highest BCUT2D eigenvalue weighted by Gasteiger charge is 2.26. The molecule has 0 bridgehead atoms. The number of hydrogen-bond donors (Lipinski definition) is 2. The average Bonchev–Trinajstić information content (AvgIpc) is 2.93. The zero-order valence-electron chi connectivity index (χ0n) is 13.9. The van der Waals surface area contributed by atoms with Crippen molar-refractivity contribution < 1.29 is 22.5 Å². The number of benzene rings is 1. The van der Waals surface area contributed by atoms with E-state index >= 15 is 0 Å². The van der Waals surface area contributed by atoms with Crippen LogP contribution in [0.15, 0.2) is 33.7 Å². The number of carbonyl (C=O) groups excluding carboxylic acids is 1. The van der Waals surface area contributed by atoms with Crippen LogP contribution < -0.4 is 14.8 Å². The van der Waals surface area contributed by atoms with Crippen molar-refractivity contribution in [3.05, 3.63) is 41.3 Å². The van der Waals surface area contributed by atoms with Gasteiger partial charge in [-0.15, -0.1) is 0 Å². The summed E-state index contributed by atoms with van der Waals surface area (Å²) >= 11 is 0. The Bertz CT molecular complexity index is 871. The van der Waals surface area contributed by atoms with Gasteiger partial charge in [0.25, 0.3) is 0 Å². The number of para-hydroxylation sites is 1. The normalized spacial score (nSPS) is 16.8. The summed E-state index contributed by atoms with van der Waals surface area (Å²) in [4.78, 5) is 12.2. The highest BCUT2D eigenvalue weighted by Crippen LogP contribution is 2.31. The Kier molecular flexibility index (Phi) is 4.78. The fourth-order valence-corrected chi connectivity index (χ4v) is 4.14. The van der Waals surface area contributed by atoms with Crippen molar-refractivity contribution in [2.45, 2.75) is 31.2 Å². The van der Waals surface area contributed by atoms with Crippen LogP contribution in [0.25, 0.3) is 0 Å². The number of amides is 1. The Morgan fingerprint density at radius 2 is 2.08 bits per heavy atom. The quantitative estimate of drug-likeness (QED) is 0.824. The predicted molar refractivity (Wildman–Crippen MR) is 88.6 cm³/mol. The Labute approximate surface area is 145 Å². The van der Waals surface area contributed by atoms with E-state index in [0.29, 0.717) is 13.0 Å². The first-order valence-electron chi connectivity index (χ1n) is 7.82. The molecule has 1 aromatic carbocycles. The second-order valence-electron chi connectivity index (χ2n) is 5.77. The number of aryl methyl sites for hydroxylation is 2. The number of hydrogen-bond acceptors (Lipinski definition) is 6. The molecule has 0 fully saturated rings. The van der Waals surface area contributed by atoms with Gasteiger partial charge in [0.2, 0.25) is 15.9 Å². The van der Waals surface area contributed by atoms with Crippen molar-refractivity contribution in [1.82, 2.24) is 15.2 Å². The fourth-order valence-electron chi connectivity index (χ4n) is 2.83. The van der Waals surface area contributed by atoms with E-state index in [1.54, 1.807) is 0 Å². The SMILES string of the molecule is Cc1noc(C)c1S(=O)(=O)NCC(=O)N[C@H]1CCOc2ccccc21. The molecular weight excluding hydrogens is 346 g/mol. The molecule has 2 aromatic rings. The molecule has 0 unspecified atom stereocenters. The van der Waals surface area contributed by atoms with Gasteiger partial charge >= 0.3 is 0 Å². The first-order valence-corrected chi connectivity index (χ1v) is 9.30. The first kappa shape index (κ1) is 17.4. The third kappa shape index (κ3) is 3.67. The third-order valence-electron chi connectivity index (χ3n) is 3.95. The van der Waals surface area contributed by atoms with Gasteiger partial charge in [0.05, 0.1) is 19.2 Å². The van der Waals surface area contributed by atoms with E-state index in [-0.39, 0.29) is 28.9 Å². The van der Waals surface area contributed by atoms with Crippen molar-refractivity contribution in [3.63, 3.8) is 0 Å². The number of fused-ring (bicyclic) bond motifs is 1. The lowest BCUT2D eigenvalue weighted by Crippen LogP contribution is -2.40. The first-order chi connectivity index (χ1) is 11.9. The van der Waals surface area contributed by atoms with Gasteiger partial charge in [0, 0.05) is 12.0 Å². The van der Waals surface area contributed by atoms with Gasteiger partial charge in [-0.25, -0.2) is 13.1 Å². The predicted octanol–water partition coefficient (Wildman–Crippen LogP) is 1.21. The van der Waals surface area contributed by atoms with Crippen LogP contribution >= 0.6 is 0 Å². The standard InChI is InChI=1S/C16H19N3O5S/c1-10-16(11(2)24-19-10)25(21,22)17-9-15(20)18-13-7-8-23-14-6-4-3-5-12(13)14/h3-6,13,17H,7-9H2,1-2H3,(H,18,20)/t13-/m0/s1. The van der Waals surface area contributed by atoms with E-state index in [2.05, 4.69) is 15.2 Å². The number of sulfonamides is 1. The molecule has 0 saturated carbocycles. The second-order valence-corrected chi connectivity index (χ2v) is 7.48. The summed E-state index contributed by atoms with van der Waals surface area (Å²) in [5.41, 5.74) is 1.14. The Morgan fingerprint density at radius 3 is 2.80 bits per heavy atom. The number of rotatable bonds is 5. The van der Waals surface area contributed by atoms with Crippen LogP contribution in [0.3, 0.4) is 0 Å². The van der Waals surface area contributed by atoms with Gasteiger partial charge < -0.3 is 14.6 Å². The van der Waals surface area contributed by atoms with Crippen LogP contribution in [0, 0.1) is 13.8 Å². The topological polar surface area (TPSA) is 111 Å². The van der Waals surface area contributed by atoms with Gasteiger partial charge in [0.1, 0.15) is 16.3 Å². The molecule has 1 aliphatic heterocycles. The maximum absolute atomic E-state index is 12.3. The van der Waals surface area contributed by atoms with Crippen LogP contribution in [-0.2, 0) is 14.8 Å². The summed E-state index contributed by atoms with van der Waals surface area (Å²) < 4.78 is 37.3. The molecule has 0 radical (unpaired) electrons. The van der Waals surface area contributed by atoms with Crippen molar-refractivity contribution in [2.75, 3.05) is 13.2 Å². The van der Waals surface area contributed by atoms with Crippen molar-refractivity contribution in [1.29, 1.82) is 0 Å². The minimum Gasteiger partial charge on any atom is -0.493 e. The van der Waals surface area contributed by atoms with Gasteiger partial charge in [-0.3, -0.25) is 4.79 Å². The van der Waals surface area contributed by atoms with Crippen LogP contribution in [0.4, 0.5) is 0 Å². The zero-order chi connectivity index (χ0) is 18.0. The molecule has 2 N–H and O–H groups in total. The summed E-state index contributed by atoms with van der Waals surface area (Å²) in [7, 11) is -3.87. The van der Waals surface area contributed by atoms with E-state index in [0.717, 1.165) is 11.3 Å². The highest BCUT2D eigenvalue weighted by atomic mass is 32.2. The minimum absolute atomic E-state index is 0.0308. The molecule has 9 heteroatoms. The Hall–Kier alpha value is -2.39. The summed E-state index contributed by atoms with van der Waals surface area (Å²) in [6.07, 6.45) is 0.624. The monoisotopic (exact) mass is 365 g/mol. The molecule has 0 spiro atoms. The summed E-state index contributed by atoms with van der Waals surface area (Å²) in [5.74, 6) is 0.496. The molecular formula is C16H19N3O5S. The fraction of sp³-hybridized carbons (Fsp3) is 0.375. The van der Waals surface area contributed by atoms with Gasteiger partial charge in [0.15, 0.2) is 5.76 Å². The third-order valence-corrected chi connectivity index (χ3v) is 5.60. The molecule has 1 aliphatic rings. The van der Waals surface area contributed by atoms with Crippen LogP contribution in [0.1, 0.15) is 29.5 Å². The molecule has 1 aromatic heterocycles. The largest absolute Gasteiger partial charge is 0.493 e. The molecule has 2 heterocycles. The summed E-state index contributed by atoms with van der Waals surface area (Å²) in [6.45, 7) is 3.16. The molecule has 25 heavy (non-hydrogen) atoms. The van der Waals surface area contributed by atoms with E-state index in [9.17, 15) is 13.2 Å². The molecule has 1 atom stereocenters. The summed E-state index contributed by atoms with van der Waals surface area (Å²) in [5, 5.41) is 6.46. The van der Waals surface area contributed by atoms with Gasteiger partial charge in [-0.2, -0.15) is 0 Å². The molecule has 1 amide bonds. The summed E-state index contributed by atoms with van der Waals surface area (Å²) in [6, 6.07) is 7.25. The van der Waals surface area contributed by atoms with E-state index in [1.807, 2.05) is 24.3 Å². The zero-order valence-corrected chi connectivity index (χ0v) is 14.7. The Morgan fingerprint density at radius 1 is 1.32 bits per heavy atom. The number of carbonyl (C=O) groups is 1. The van der Waals surface area contributed by atoms with Crippen molar-refractivity contribution >= 4 is 15.9 Å². The molecule has 3 rings (SSSR count). The smallest absolute Gasteiger partial charge is 0.246 e. The maximum Gasteiger partial charge on any atom is 0.246 e. The molecule has 134 valence electrons. The second kappa shape index (κ2) is 6.85. The Balaban J connectivity index is 1.65. The number of aromatic nitrogens is 1. The van der Waals surface area contributed by atoms with E-state index in [4.69, 9.17) is 9.26 Å². The lowest BCUT2D eigenvalue weighted by atomic mass is 10.0. The van der Waals surface area contributed by atoms with Crippen molar-refractivity contribution in [2.24, 2.45) is 0 Å². The molecule has 0 saturated heterocycles. The van der Waals surface area contributed by atoms with Crippen LogP contribution in [-0.4, -0.2) is 32.6 Å². The lowest BCUT2D eigenvalue weighted by Gasteiger charge is -2.26. The van der Waals surface area contributed by atoms with Gasteiger partial charge in [-0.05, 0) is 19.9 Å². The maximum atomic E-state index is 12.3. The van der Waals surface area contributed by atoms with E-state index in [1.165, 1.54) is 13.8 Å². The van der Waals surface area contributed by atoms with Crippen LogP contribution in [0.2, 0.25) is 0 Å². The molecule has 8 nitrogen and oxygen atoms in total. The molecule has 0 aliphatic carbocycles. The minimum atomic E-state index is -3.87.